The van der Waals surface area contributed by atoms with Gasteiger partial charge in [-0.1, -0.05) is 42.8 Å². The summed E-state index contributed by atoms with van der Waals surface area (Å²) in [7, 11) is -0.299. The molecule has 188 valence electrons. The molecule has 1 aromatic carbocycles. The predicted octanol–water partition coefficient (Wildman–Crippen LogP) is 2.59. The second-order valence-corrected chi connectivity index (χ2v) is 10.9. The molecule has 0 bridgehead atoms. The Bertz CT molecular complexity index is 1050. The van der Waals surface area contributed by atoms with Crippen molar-refractivity contribution in [3.63, 3.8) is 0 Å². The molecule has 10 heteroatoms. The summed E-state index contributed by atoms with van der Waals surface area (Å²) >= 11 is 0. The van der Waals surface area contributed by atoms with Gasteiger partial charge in [0.15, 0.2) is 0 Å². The van der Waals surface area contributed by atoms with Crippen molar-refractivity contribution >= 4 is 27.6 Å². The van der Waals surface area contributed by atoms with Crippen LogP contribution in [0.4, 0.5) is 16.0 Å². The molecule has 0 saturated heterocycles. The molecular weight excluding hydrogens is 457 g/mol. The van der Waals surface area contributed by atoms with Crippen LogP contribution in [0, 0.1) is 18.8 Å². The van der Waals surface area contributed by atoms with E-state index in [1.54, 1.807) is 6.07 Å². The Balaban J connectivity index is 0.000000497. The Morgan fingerprint density at radius 3 is 2.29 bits per heavy atom. The number of anilines is 2. The summed E-state index contributed by atoms with van der Waals surface area (Å²) in [6, 6.07) is 12.5. The number of nitrogens with one attached hydrogen (secondary N) is 1. The van der Waals surface area contributed by atoms with Crippen molar-refractivity contribution in [2.45, 2.75) is 26.3 Å². The smallest absolute Gasteiger partial charge is 0.251 e. The van der Waals surface area contributed by atoms with Crippen molar-refractivity contribution in [3.05, 3.63) is 53.6 Å². The molecule has 0 radical (unpaired) electrons. The highest BCUT2D eigenvalue weighted by molar-refractivity contribution is 7.92. The van der Waals surface area contributed by atoms with Crippen LogP contribution in [0.3, 0.4) is 0 Å². The normalized spacial score (nSPS) is 17.7. The highest BCUT2D eigenvalue weighted by Gasteiger charge is 2.33. The van der Waals surface area contributed by atoms with Gasteiger partial charge < -0.3 is 16.0 Å². The Morgan fingerprint density at radius 1 is 1.24 bits per heavy atom. The number of hydrogen-bond acceptors (Lipinski definition) is 6. The zero-order chi connectivity index (χ0) is 25.5. The number of aromatic nitrogens is 1. The van der Waals surface area contributed by atoms with E-state index in [1.165, 1.54) is 18.7 Å². The number of halogens is 1. The summed E-state index contributed by atoms with van der Waals surface area (Å²) < 4.78 is 37.3. The summed E-state index contributed by atoms with van der Waals surface area (Å²) in [6.45, 7) is 4.27. The van der Waals surface area contributed by atoms with Crippen LogP contribution in [0.15, 0.2) is 42.5 Å². The summed E-state index contributed by atoms with van der Waals surface area (Å²) in [5.41, 5.74) is 7.05. The van der Waals surface area contributed by atoms with E-state index >= 15 is 0 Å². The number of alkyl halides is 1. The lowest BCUT2D eigenvalue weighted by atomic mass is 10.2. The Labute approximate surface area is 202 Å². The van der Waals surface area contributed by atoms with Gasteiger partial charge >= 0.3 is 0 Å². The first kappa shape index (κ1) is 27.5. The Hall–Kier alpha value is -2.72. The molecule has 2 aromatic rings. The van der Waals surface area contributed by atoms with Crippen LogP contribution in [-0.4, -0.2) is 65.5 Å². The lowest BCUT2D eigenvalue weighted by molar-refractivity contribution is 0.0950. The fourth-order valence-corrected chi connectivity index (χ4v) is 3.61. The van der Waals surface area contributed by atoms with Crippen molar-refractivity contribution in [3.8, 4) is 0 Å². The fourth-order valence-electron chi connectivity index (χ4n) is 3.17. The number of nitrogens with two attached hydrogens (primary N) is 1. The minimum absolute atomic E-state index is 0.0142. The van der Waals surface area contributed by atoms with E-state index < -0.39 is 28.6 Å². The third-order valence-electron chi connectivity index (χ3n) is 5.72. The molecule has 34 heavy (non-hydrogen) atoms. The minimum Gasteiger partial charge on any atom is -0.359 e. The van der Waals surface area contributed by atoms with Gasteiger partial charge in [-0.25, -0.2) is 17.8 Å². The van der Waals surface area contributed by atoms with Crippen molar-refractivity contribution in [1.82, 2.24) is 10.3 Å². The highest BCUT2D eigenvalue weighted by atomic mass is 32.2. The SMILES string of the molecule is CC1CC1CN(C)c1cc(C(=O)NCC(N)CF)cc(N(C)S(C)(=O)=O)n1.Cc1ccccc1. The highest BCUT2D eigenvalue weighted by Crippen LogP contribution is 2.38. The number of pyridine rings is 1. The van der Waals surface area contributed by atoms with Crippen LogP contribution >= 0.6 is 0 Å². The molecule has 1 aliphatic carbocycles. The molecule has 0 spiro atoms. The first-order valence-corrected chi connectivity index (χ1v) is 13.1. The van der Waals surface area contributed by atoms with E-state index in [-0.39, 0.29) is 17.9 Å². The first-order chi connectivity index (χ1) is 15.9. The second kappa shape index (κ2) is 12.1. The third kappa shape index (κ3) is 8.57. The Kier molecular flexibility index (Phi) is 9.81. The molecule has 3 rings (SSSR count). The van der Waals surface area contributed by atoms with Gasteiger partial charge in [-0.3, -0.25) is 9.10 Å². The number of rotatable bonds is 9. The van der Waals surface area contributed by atoms with E-state index in [9.17, 15) is 17.6 Å². The summed E-state index contributed by atoms with van der Waals surface area (Å²) in [6.07, 6.45) is 2.21. The van der Waals surface area contributed by atoms with Crippen LogP contribution in [0.5, 0.6) is 0 Å². The number of amides is 1. The number of carbonyl (C=O) groups is 1. The number of carbonyl (C=O) groups excluding carboxylic acids is 1. The third-order valence-corrected chi connectivity index (χ3v) is 6.90. The second-order valence-electron chi connectivity index (χ2n) is 8.94. The van der Waals surface area contributed by atoms with Crippen LogP contribution in [-0.2, 0) is 10.0 Å². The quantitative estimate of drug-likeness (QED) is 0.556. The summed E-state index contributed by atoms with van der Waals surface area (Å²) in [5.74, 6) is 1.40. The standard InChI is InChI=1S/C17H28FN5O3S.C7H8/c1-11-5-13(11)10-22(2)15-6-12(17(24)20-9-14(19)8-18)7-16(21-15)23(3)27(4,25)26;1-7-5-3-2-4-6-7/h6-7,11,13-14H,5,8-10,19H2,1-4H3,(H,20,24);2-6H,1H3. The van der Waals surface area contributed by atoms with Crippen LogP contribution in [0.2, 0.25) is 0 Å². The molecule has 3 unspecified atom stereocenters. The minimum atomic E-state index is -3.54. The average molecular weight is 494 g/mol. The maximum Gasteiger partial charge on any atom is 0.251 e. The molecule has 1 saturated carbocycles. The molecule has 1 aliphatic rings. The van der Waals surface area contributed by atoms with Crippen LogP contribution in [0.1, 0.15) is 29.3 Å². The number of nitrogens with zero attached hydrogens (tertiary/aromatic N) is 3. The lowest BCUT2D eigenvalue weighted by Crippen LogP contribution is -2.38. The van der Waals surface area contributed by atoms with Gasteiger partial charge in [0.25, 0.3) is 5.91 Å². The predicted molar refractivity (Wildman–Crippen MR) is 135 cm³/mol. The van der Waals surface area contributed by atoms with Gasteiger partial charge in [0.1, 0.15) is 18.3 Å². The van der Waals surface area contributed by atoms with Crippen LogP contribution < -0.4 is 20.3 Å². The van der Waals surface area contributed by atoms with Gasteiger partial charge in [-0.2, -0.15) is 0 Å². The molecule has 1 fully saturated rings. The summed E-state index contributed by atoms with van der Waals surface area (Å²) in [4.78, 5) is 18.8. The van der Waals surface area contributed by atoms with E-state index in [4.69, 9.17) is 5.73 Å². The number of sulfonamides is 1. The zero-order valence-corrected chi connectivity index (χ0v) is 21.3. The van der Waals surface area contributed by atoms with Gasteiger partial charge in [-0.05, 0) is 37.3 Å². The van der Waals surface area contributed by atoms with Crippen molar-refractivity contribution in [2.75, 3.05) is 49.3 Å². The molecule has 3 atom stereocenters. The molecular formula is C24H36FN5O3S. The number of benzene rings is 1. The van der Waals surface area contributed by atoms with Crippen molar-refractivity contribution < 1.29 is 17.6 Å². The lowest BCUT2D eigenvalue weighted by Gasteiger charge is -2.23. The molecule has 1 aromatic heterocycles. The van der Waals surface area contributed by atoms with Crippen molar-refractivity contribution in [1.29, 1.82) is 0 Å². The fraction of sp³-hybridized carbons (Fsp3) is 0.500. The molecule has 3 N–H and O–H groups in total. The van der Waals surface area contributed by atoms with E-state index in [0.29, 0.717) is 17.7 Å². The van der Waals surface area contributed by atoms with Gasteiger partial charge in [0.05, 0.1) is 12.3 Å². The van der Waals surface area contributed by atoms with Gasteiger partial charge in [-0.15, -0.1) is 0 Å². The first-order valence-electron chi connectivity index (χ1n) is 11.2. The van der Waals surface area contributed by atoms with Gasteiger partial charge in [0.2, 0.25) is 10.0 Å². The van der Waals surface area contributed by atoms with E-state index in [0.717, 1.165) is 23.5 Å². The molecule has 8 nitrogen and oxygen atoms in total. The molecule has 0 aliphatic heterocycles. The largest absolute Gasteiger partial charge is 0.359 e. The average Bonchev–Trinajstić information content (AvgIpc) is 3.50. The van der Waals surface area contributed by atoms with Crippen LogP contribution in [0.25, 0.3) is 0 Å². The topological polar surface area (TPSA) is 109 Å². The monoisotopic (exact) mass is 493 g/mol. The zero-order valence-electron chi connectivity index (χ0n) is 20.5. The van der Waals surface area contributed by atoms with E-state index in [1.807, 2.05) is 30.1 Å². The van der Waals surface area contributed by atoms with Crippen molar-refractivity contribution in [2.24, 2.45) is 17.6 Å². The molecule has 1 amide bonds. The maximum absolute atomic E-state index is 12.5. The maximum atomic E-state index is 12.5. The Morgan fingerprint density at radius 2 is 1.82 bits per heavy atom. The number of hydrogen-bond donors (Lipinski definition) is 2. The molecule has 1 heterocycles. The van der Waals surface area contributed by atoms with E-state index in [2.05, 4.69) is 36.3 Å². The van der Waals surface area contributed by atoms with Gasteiger partial charge in [0, 0.05) is 32.7 Å². The number of aryl methyl sites for hydroxylation is 1. The summed E-state index contributed by atoms with van der Waals surface area (Å²) in [5, 5.41) is 2.56.